The molecule has 1 N–H and O–H groups in total. The molecule has 3 rings (SSSR count). The van der Waals surface area contributed by atoms with Gasteiger partial charge in [-0.05, 0) is 43.3 Å². The Labute approximate surface area is 138 Å². The number of hydrogen-bond acceptors (Lipinski definition) is 6. The molecular formula is C15H14N4O4S. The van der Waals surface area contributed by atoms with Crippen molar-refractivity contribution in [2.24, 2.45) is 0 Å². The van der Waals surface area contributed by atoms with Crippen LogP contribution in [-0.2, 0) is 10.1 Å². The Morgan fingerprint density at radius 3 is 2.38 bits per heavy atom. The lowest BCUT2D eigenvalue weighted by molar-refractivity contribution is 0.415. The number of hydrogen-bond donors (Lipinski definition) is 1. The van der Waals surface area contributed by atoms with Gasteiger partial charge in [-0.25, -0.2) is 9.97 Å². The first kappa shape index (κ1) is 16.1. The summed E-state index contributed by atoms with van der Waals surface area (Å²) in [5, 5.41) is 4.29. The smallest absolute Gasteiger partial charge is 0.296 e. The van der Waals surface area contributed by atoms with Crippen LogP contribution in [0.5, 0.6) is 5.75 Å². The number of methoxy groups -OCH3 is 1. The molecule has 0 radical (unpaired) electrons. The van der Waals surface area contributed by atoms with Gasteiger partial charge in [0.15, 0.2) is 11.6 Å². The SMILES string of the molecule is COc1ccc(-c2nc(C)nn2-c2ccc(S(=O)(=O)O)cn2)cc1. The van der Waals surface area contributed by atoms with Gasteiger partial charge >= 0.3 is 0 Å². The van der Waals surface area contributed by atoms with Crippen molar-refractivity contribution >= 4 is 10.1 Å². The number of benzene rings is 1. The van der Waals surface area contributed by atoms with Gasteiger partial charge in [-0.15, -0.1) is 5.10 Å². The molecule has 3 aromatic rings. The van der Waals surface area contributed by atoms with Crippen LogP contribution in [0.15, 0.2) is 47.5 Å². The number of pyridine rings is 1. The van der Waals surface area contributed by atoms with Gasteiger partial charge in [-0.3, -0.25) is 4.55 Å². The van der Waals surface area contributed by atoms with Crippen molar-refractivity contribution in [3.8, 4) is 23.0 Å². The molecule has 0 bridgehead atoms. The number of aromatic nitrogens is 4. The molecule has 0 atom stereocenters. The second-order valence-corrected chi connectivity index (χ2v) is 6.37. The topological polar surface area (TPSA) is 107 Å². The summed E-state index contributed by atoms with van der Waals surface area (Å²) < 4.78 is 37.9. The van der Waals surface area contributed by atoms with Crippen LogP contribution in [0, 0.1) is 6.92 Å². The quantitative estimate of drug-likeness (QED) is 0.719. The highest BCUT2D eigenvalue weighted by Gasteiger charge is 2.15. The summed E-state index contributed by atoms with van der Waals surface area (Å²) >= 11 is 0. The monoisotopic (exact) mass is 346 g/mol. The molecule has 0 spiro atoms. The molecule has 0 unspecified atom stereocenters. The molecule has 0 aliphatic heterocycles. The van der Waals surface area contributed by atoms with Crippen molar-refractivity contribution in [1.82, 2.24) is 19.7 Å². The summed E-state index contributed by atoms with van der Waals surface area (Å²) in [4.78, 5) is 8.15. The van der Waals surface area contributed by atoms with Crippen molar-refractivity contribution in [1.29, 1.82) is 0 Å². The van der Waals surface area contributed by atoms with E-state index in [0.717, 1.165) is 17.5 Å². The average molecular weight is 346 g/mol. The zero-order chi connectivity index (χ0) is 17.3. The maximum Gasteiger partial charge on any atom is 0.296 e. The van der Waals surface area contributed by atoms with Gasteiger partial charge in [0.05, 0.1) is 13.3 Å². The van der Waals surface area contributed by atoms with E-state index in [9.17, 15) is 8.42 Å². The van der Waals surface area contributed by atoms with Crippen LogP contribution in [0.1, 0.15) is 5.82 Å². The highest BCUT2D eigenvalue weighted by atomic mass is 32.2. The van der Waals surface area contributed by atoms with Crippen LogP contribution < -0.4 is 4.74 Å². The van der Waals surface area contributed by atoms with Crippen LogP contribution in [-0.4, -0.2) is 39.8 Å². The fraction of sp³-hybridized carbons (Fsp3) is 0.133. The molecule has 0 amide bonds. The third-order valence-electron chi connectivity index (χ3n) is 3.30. The zero-order valence-corrected chi connectivity index (χ0v) is 13.7. The van der Waals surface area contributed by atoms with E-state index in [4.69, 9.17) is 9.29 Å². The zero-order valence-electron chi connectivity index (χ0n) is 12.9. The number of nitrogens with zero attached hydrogens (tertiary/aromatic N) is 4. The first-order valence-electron chi connectivity index (χ1n) is 6.90. The number of aryl methyl sites for hydroxylation is 1. The largest absolute Gasteiger partial charge is 0.497 e. The highest BCUT2D eigenvalue weighted by Crippen LogP contribution is 2.23. The van der Waals surface area contributed by atoms with Crippen LogP contribution in [0.25, 0.3) is 17.2 Å². The minimum absolute atomic E-state index is 0.283. The average Bonchev–Trinajstić information content (AvgIpc) is 2.96. The molecule has 0 aliphatic carbocycles. The summed E-state index contributed by atoms with van der Waals surface area (Å²) in [6.07, 6.45) is 1.07. The van der Waals surface area contributed by atoms with Gasteiger partial charge in [0.2, 0.25) is 0 Å². The second-order valence-electron chi connectivity index (χ2n) is 4.95. The van der Waals surface area contributed by atoms with E-state index in [0.29, 0.717) is 17.5 Å². The van der Waals surface area contributed by atoms with E-state index in [1.165, 1.54) is 16.8 Å². The Bertz CT molecular complexity index is 964. The molecule has 0 aliphatic rings. The van der Waals surface area contributed by atoms with Crippen LogP contribution in [0.2, 0.25) is 0 Å². The minimum atomic E-state index is -4.29. The summed E-state index contributed by atoms with van der Waals surface area (Å²) in [7, 11) is -2.70. The van der Waals surface area contributed by atoms with E-state index in [-0.39, 0.29) is 4.90 Å². The number of rotatable bonds is 4. The third kappa shape index (κ3) is 3.12. The molecule has 9 heteroatoms. The van der Waals surface area contributed by atoms with Gasteiger partial charge < -0.3 is 4.74 Å². The molecule has 24 heavy (non-hydrogen) atoms. The van der Waals surface area contributed by atoms with E-state index in [1.54, 1.807) is 26.2 Å². The first-order chi connectivity index (χ1) is 11.4. The van der Waals surface area contributed by atoms with Crippen molar-refractivity contribution < 1.29 is 17.7 Å². The van der Waals surface area contributed by atoms with Gasteiger partial charge in [0.25, 0.3) is 10.1 Å². The number of ether oxygens (including phenoxy) is 1. The van der Waals surface area contributed by atoms with E-state index in [1.807, 2.05) is 12.1 Å². The van der Waals surface area contributed by atoms with Crippen molar-refractivity contribution in [3.63, 3.8) is 0 Å². The molecule has 124 valence electrons. The van der Waals surface area contributed by atoms with Gasteiger partial charge in [-0.2, -0.15) is 13.1 Å². The van der Waals surface area contributed by atoms with Crippen molar-refractivity contribution in [2.75, 3.05) is 7.11 Å². The standard InChI is InChI=1S/C15H14N4O4S/c1-10-17-15(11-3-5-12(23-2)6-4-11)19(18-10)14-8-7-13(9-16-14)24(20,21)22/h3-9H,1-2H3,(H,20,21,22). The van der Waals surface area contributed by atoms with E-state index in [2.05, 4.69) is 15.1 Å². The Balaban J connectivity index is 2.05. The lowest BCUT2D eigenvalue weighted by atomic mass is 10.2. The maximum absolute atomic E-state index is 11.1. The molecule has 8 nitrogen and oxygen atoms in total. The lowest BCUT2D eigenvalue weighted by Crippen LogP contribution is -2.04. The summed E-state index contributed by atoms with van der Waals surface area (Å²) in [6.45, 7) is 1.75. The Kier molecular flexibility index (Phi) is 4.04. The predicted molar refractivity (Wildman–Crippen MR) is 85.7 cm³/mol. The second kappa shape index (κ2) is 6.02. The molecule has 1 aromatic carbocycles. The third-order valence-corrected chi connectivity index (χ3v) is 4.13. The van der Waals surface area contributed by atoms with Crippen molar-refractivity contribution in [2.45, 2.75) is 11.8 Å². The fourth-order valence-corrected chi connectivity index (χ4v) is 2.58. The molecule has 2 aromatic heterocycles. The van der Waals surface area contributed by atoms with Crippen molar-refractivity contribution in [3.05, 3.63) is 48.4 Å². The van der Waals surface area contributed by atoms with E-state index >= 15 is 0 Å². The first-order valence-corrected chi connectivity index (χ1v) is 8.34. The molecule has 2 heterocycles. The molecular weight excluding hydrogens is 332 g/mol. The van der Waals surface area contributed by atoms with E-state index < -0.39 is 10.1 Å². The normalized spacial score (nSPS) is 11.5. The molecule has 0 fully saturated rings. The van der Waals surface area contributed by atoms with Gasteiger partial charge in [0, 0.05) is 5.56 Å². The lowest BCUT2D eigenvalue weighted by Gasteiger charge is -2.06. The Hall–Kier alpha value is -2.78. The van der Waals surface area contributed by atoms with Crippen LogP contribution >= 0.6 is 0 Å². The maximum atomic E-state index is 11.1. The summed E-state index contributed by atoms with van der Waals surface area (Å²) in [5.41, 5.74) is 0.803. The summed E-state index contributed by atoms with van der Waals surface area (Å²) in [5.74, 6) is 2.20. The van der Waals surface area contributed by atoms with Crippen LogP contribution in [0.4, 0.5) is 0 Å². The minimum Gasteiger partial charge on any atom is -0.497 e. The fourth-order valence-electron chi connectivity index (χ4n) is 2.15. The predicted octanol–water partition coefficient (Wildman–Crippen LogP) is 1.89. The van der Waals surface area contributed by atoms with Gasteiger partial charge in [0.1, 0.15) is 16.5 Å². The molecule has 0 saturated carbocycles. The van der Waals surface area contributed by atoms with Crippen LogP contribution in [0.3, 0.4) is 0 Å². The van der Waals surface area contributed by atoms with Gasteiger partial charge in [-0.1, -0.05) is 0 Å². The molecule has 0 saturated heterocycles. The summed E-state index contributed by atoms with van der Waals surface area (Å²) in [6, 6.07) is 9.99. The Morgan fingerprint density at radius 1 is 1.12 bits per heavy atom. The Morgan fingerprint density at radius 2 is 1.83 bits per heavy atom. The highest BCUT2D eigenvalue weighted by molar-refractivity contribution is 7.85.